The molecule has 3 aliphatic heterocycles. The van der Waals surface area contributed by atoms with Gasteiger partial charge in [0.05, 0.1) is 36.8 Å². The molecule has 1 saturated heterocycles. The smallest absolute Gasteiger partial charge is 0.264 e. The lowest BCUT2D eigenvalue weighted by atomic mass is 9.64. The van der Waals surface area contributed by atoms with Crippen LogP contribution in [0.4, 0.5) is 5.69 Å². The Balaban J connectivity index is 0.000000360. The molecule has 314 valence electrons. The second-order valence-corrected chi connectivity index (χ2v) is 19.0. The number of carbonyl (C=O) groups is 2. The maximum atomic E-state index is 13.4. The number of hydrogen-bond donors (Lipinski definition) is 2. The number of allylic oxidation sites excluding steroid dienone is 1. The Bertz CT molecular complexity index is 1850. The topological polar surface area (TPSA) is 136 Å². The standard InChI is InChI=1S/C34H41ClN2O6S.C9H20N2O2/c1-22-6-4-15-34(20-38,42-3)29-11-8-26(29)18-37-19-33(14-5-7-24-16-27(35)10-12-28(24)33)21-43-31-13-9-25(17-30(31)37)32(39)36-44(40,41)23(22)2;1-12-7-9(8-13-2)11-5-3-10-4-6-11/h4,9-10,12-13,15-17,20,22-23,26,29H,5-8,11,14,18-19,21H2,1-3H3,(H,36,39);9-10H,3-8H2,1-2H3/b15-4+;/t22-,23+,26-,29+,33-,34+;/m0./s1. The summed E-state index contributed by atoms with van der Waals surface area (Å²) >= 11 is 6.40. The third-order valence-corrected chi connectivity index (χ3v) is 15.2. The van der Waals surface area contributed by atoms with Crippen LogP contribution in [0.1, 0.15) is 67.4 Å². The number of nitrogens with one attached hydrogen (secondary N) is 2. The van der Waals surface area contributed by atoms with Crippen LogP contribution in [0.3, 0.4) is 0 Å². The lowest BCUT2D eigenvalue weighted by Gasteiger charge is -2.48. The predicted molar refractivity (Wildman–Crippen MR) is 223 cm³/mol. The molecule has 5 aliphatic rings. The Morgan fingerprint density at radius 1 is 1.05 bits per heavy atom. The van der Waals surface area contributed by atoms with Crippen LogP contribution in [0.2, 0.25) is 5.02 Å². The van der Waals surface area contributed by atoms with E-state index in [0.717, 1.165) is 83.5 Å². The third-order valence-electron chi connectivity index (χ3n) is 13.1. The van der Waals surface area contributed by atoms with Crippen LogP contribution in [-0.2, 0) is 40.9 Å². The van der Waals surface area contributed by atoms with E-state index in [1.54, 1.807) is 46.5 Å². The summed E-state index contributed by atoms with van der Waals surface area (Å²) < 4.78 is 51.7. The number of aldehydes is 1. The first-order chi connectivity index (χ1) is 27.4. The van der Waals surface area contributed by atoms with Crippen LogP contribution >= 0.6 is 11.6 Å². The molecule has 1 saturated carbocycles. The summed E-state index contributed by atoms with van der Waals surface area (Å²) in [5, 5.41) is 3.21. The molecule has 6 atom stereocenters. The fourth-order valence-corrected chi connectivity index (χ4v) is 10.9. The number of methoxy groups -OCH3 is 3. The summed E-state index contributed by atoms with van der Waals surface area (Å²) in [5.41, 5.74) is 2.05. The average molecular weight is 830 g/mol. The Morgan fingerprint density at radius 3 is 2.47 bits per heavy atom. The summed E-state index contributed by atoms with van der Waals surface area (Å²) in [4.78, 5) is 30.8. The first-order valence-corrected chi connectivity index (χ1v) is 22.3. The first-order valence-electron chi connectivity index (χ1n) is 20.4. The third kappa shape index (κ3) is 9.56. The Kier molecular flexibility index (Phi) is 14.4. The van der Waals surface area contributed by atoms with Crippen molar-refractivity contribution in [2.24, 2.45) is 17.8 Å². The number of anilines is 1. The van der Waals surface area contributed by atoms with E-state index in [1.165, 1.54) is 11.1 Å². The Morgan fingerprint density at radius 2 is 1.81 bits per heavy atom. The SMILES string of the molecule is COCC(COC)N1CCNCC1.CO[C@@]1(C=O)/C=C/C[C@H](C)[C@@H](C)S(=O)(=O)NC(=O)c2ccc3c(c2)N(C[C@@H]2CC[C@H]21)C[C@@]1(CCCc2cc(Cl)ccc21)CO3. The van der Waals surface area contributed by atoms with Crippen LogP contribution in [0.25, 0.3) is 0 Å². The minimum atomic E-state index is -3.97. The fraction of sp³-hybridized carbons (Fsp3) is 0.628. The van der Waals surface area contributed by atoms with Gasteiger partial charge in [-0.15, -0.1) is 0 Å². The van der Waals surface area contributed by atoms with Gasteiger partial charge in [-0.05, 0) is 105 Å². The van der Waals surface area contributed by atoms with E-state index in [0.29, 0.717) is 42.9 Å². The van der Waals surface area contributed by atoms with E-state index in [2.05, 4.69) is 32.0 Å². The lowest BCUT2D eigenvalue weighted by Crippen LogP contribution is -2.53. The molecule has 2 aromatic rings. The van der Waals surface area contributed by atoms with Crippen LogP contribution in [0.5, 0.6) is 5.75 Å². The molecule has 2 aliphatic carbocycles. The van der Waals surface area contributed by atoms with Crippen LogP contribution < -0.4 is 19.7 Å². The molecular weight excluding hydrogens is 768 g/mol. The van der Waals surface area contributed by atoms with Crippen molar-refractivity contribution in [3.05, 3.63) is 70.3 Å². The summed E-state index contributed by atoms with van der Waals surface area (Å²) in [6, 6.07) is 11.7. The normalized spacial score (nSPS) is 30.6. The molecule has 7 rings (SSSR count). The second-order valence-electron chi connectivity index (χ2n) is 16.6. The zero-order chi connectivity index (χ0) is 40.8. The van der Waals surface area contributed by atoms with Crippen LogP contribution in [-0.4, -0.2) is 123 Å². The minimum absolute atomic E-state index is 0.0434. The molecule has 14 heteroatoms. The molecule has 0 aromatic heterocycles. The maximum Gasteiger partial charge on any atom is 0.264 e. The van der Waals surface area contributed by atoms with Crippen molar-refractivity contribution in [3.63, 3.8) is 0 Å². The van der Waals surface area contributed by atoms with Crippen molar-refractivity contribution in [2.45, 2.75) is 74.7 Å². The number of piperazine rings is 1. The number of rotatable bonds is 7. The molecule has 3 heterocycles. The van der Waals surface area contributed by atoms with Gasteiger partial charge in [-0.2, -0.15) is 0 Å². The molecule has 0 unspecified atom stereocenters. The number of fused-ring (bicyclic) bond motifs is 4. The van der Waals surface area contributed by atoms with Crippen molar-refractivity contribution in [3.8, 4) is 5.75 Å². The van der Waals surface area contributed by atoms with Crippen LogP contribution in [0, 0.1) is 17.8 Å². The van der Waals surface area contributed by atoms with Gasteiger partial charge in [-0.1, -0.05) is 30.7 Å². The Hall–Kier alpha value is -3.04. The number of benzene rings is 2. The number of aryl methyl sites for hydroxylation is 1. The van der Waals surface area contributed by atoms with E-state index in [9.17, 15) is 18.0 Å². The van der Waals surface area contributed by atoms with E-state index >= 15 is 0 Å². The van der Waals surface area contributed by atoms with Crippen molar-refractivity contribution < 1.29 is 37.0 Å². The lowest BCUT2D eigenvalue weighted by molar-refractivity contribution is -0.135. The van der Waals surface area contributed by atoms with Crippen LogP contribution in [0.15, 0.2) is 48.6 Å². The number of amides is 1. The monoisotopic (exact) mass is 828 g/mol. The molecule has 1 amide bonds. The van der Waals surface area contributed by atoms with Gasteiger partial charge in [0.25, 0.3) is 5.91 Å². The second kappa shape index (κ2) is 18.9. The highest BCUT2D eigenvalue weighted by molar-refractivity contribution is 7.90. The predicted octanol–water partition coefficient (Wildman–Crippen LogP) is 5.02. The summed E-state index contributed by atoms with van der Waals surface area (Å²) in [6.45, 7) is 11.0. The van der Waals surface area contributed by atoms with Gasteiger partial charge in [0.15, 0.2) is 6.29 Å². The molecule has 2 bridgehead atoms. The molecule has 57 heavy (non-hydrogen) atoms. The van der Waals surface area contributed by atoms with Gasteiger partial charge in [0.2, 0.25) is 10.0 Å². The van der Waals surface area contributed by atoms with Gasteiger partial charge >= 0.3 is 0 Å². The summed E-state index contributed by atoms with van der Waals surface area (Å²) in [6.07, 6.45) is 9.65. The highest BCUT2D eigenvalue weighted by atomic mass is 35.5. The molecular formula is C43H61ClN4O8S. The van der Waals surface area contributed by atoms with Gasteiger partial charge in [-0.25, -0.2) is 13.1 Å². The van der Waals surface area contributed by atoms with Crippen molar-refractivity contribution >= 4 is 39.5 Å². The van der Waals surface area contributed by atoms with E-state index < -0.39 is 26.8 Å². The molecule has 2 aromatic carbocycles. The highest BCUT2D eigenvalue weighted by Gasteiger charge is 2.49. The summed E-state index contributed by atoms with van der Waals surface area (Å²) in [5.74, 6) is -0.203. The first kappa shape index (κ1) is 43.5. The Labute approximate surface area is 344 Å². The number of carbonyl (C=O) groups excluding carboxylic acids is 2. The molecule has 0 radical (unpaired) electrons. The van der Waals surface area contributed by atoms with Crippen molar-refractivity contribution in [1.29, 1.82) is 0 Å². The molecule has 2 fully saturated rings. The molecule has 2 N–H and O–H groups in total. The fourth-order valence-electron chi connectivity index (χ4n) is 9.37. The highest BCUT2D eigenvalue weighted by Crippen LogP contribution is 2.48. The quantitative estimate of drug-likeness (QED) is 0.288. The van der Waals surface area contributed by atoms with Gasteiger partial charge in [0, 0.05) is 82.5 Å². The number of hydrogen-bond acceptors (Lipinski definition) is 11. The maximum absolute atomic E-state index is 13.4. The van der Waals surface area contributed by atoms with E-state index in [-0.39, 0.29) is 28.7 Å². The average Bonchev–Trinajstić information content (AvgIpc) is 3.35. The largest absolute Gasteiger partial charge is 0.490 e. The number of halogens is 1. The zero-order valence-electron chi connectivity index (χ0n) is 34.1. The van der Waals surface area contributed by atoms with Crippen molar-refractivity contribution in [1.82, 2.24) is 14.9 Å². The molecule has 12 nitrogen and oxygen atoms in total. The van der Waals surface area contributed by atoms with E-state index in [4.69, 9.17) is 30.5 Å². The van der Waals surface area contributed by atoms with E-state index in [1.807, 2.05) is 25.1 Å². The van der Waals surface area contributed by atoms with Gasteiger partial charge in [-0.3, -0.25) is 14.5 Å². The minimum Gasteiger partial charge on any atom is -0.490 e. The number of sulfonamides is 1. The van der Waals surface area contributed by atoms with Gasteiger partial charge in [0.1, 0.15) is 11.4 Å². The molecule has 1 spiro atoms. The van der Waals surface area contributed by atoms with Gasteiger partial charge < -0.3 is 29.2 Å². The number of nitrogens with zero attached hydrogens (tertiary/aromatic N) is 2. The summed E-state index contributed by atoms with van der Waals surface area (Å²) in [7, 11) is 1.08. The van der Waals surface area contributed by atoms with Crippen molar-refractivity contribution in [2.75, 3.05) is 85.3 Å². The number of ether oxygens (including phenoxy) is 4. The zero-order valence-corrected chi connectivity index (χ0v) is 35.7.